The maximum atomic E-state index is 11.8. The van der Waals surface area contributed by atoms with E-state index in [1.54, 1.807) is 18.5 Å². The lowest BCUT2D eigenvalue weighted by atomic mass is 10.0. The van der Waals surface area contributed by atoms with Crippen LogP contribution in [0.3, 0.4) is 0 Å². The fourth-order valence-corrected chi connectivity index (χ4v) is 4.35. The number of rotatable bonds is 8. The first-order valence-corrected chi connectivity index (χ1v) is 12.1. The van der Waals surface area contributed by atoms with Crippen molar-refractivity contribution in [2.24, 2.45) is 0 Å². The number of sulfonamides is 1. The van der Waals surface area contributed by atoms with Crippen LogP contribution in [0.5, 0.6) is 17.5 Å². The Morgan fingerprint density at radius 1 is 1.00 bits per heavy atom. The van der Waals surface area contributed by atoms with Crippen molar-refractivity contribution >= 4 is 10.0 Å². The molecule has 0 radical (unpaired) electrons. The van der Waals surface area contributed by atoms with Crippen LogP contribution in [-0.4, -0.2) is 42.1 Å². The number of aromatic nitrogens is 2. The van der Waals surface area contributed by atoms with Crippen LogP contribution < -0.4 is 9.47 Å². The summed E-state index contributed by atoms with van der Waals surface area (Å²) in [5.41, 5.74) is 3.36. The largest absolute Gasteiger partial charge is 0.494 e. The van der Waals surface area contributed by atoms with Crippen molar-refractivity contribution in [3.8, 4) is 17.5 Å². The summed E-state index contributed by atoms with van der Waals surface area (Å²) < 4.78 is 36.6. The highest BCUT2D eigenvalue weighted by Gasteiger charge is 2.23. The minimum Gasteiger partial charge on any atom is -0.494 e. The molecule has 0 aliphatic carbocycles. The number of nitrogens with zero attached hydrogens (tertiary/aromatic N) is 3. The lowest BCUT2D eigenvalue weighted by Crippen LogP contribution is -2.35. The lowest BCUT2D eigenvalue weighted by molar-refractivity contribution is 0.309. The lowest BCUT2D eigenvalue weighted by Gasteiger charge is -2.27. The van der Waals surface area contributed by atoms with E-state index in [0.29, 0.717) is 37.9 Å². The summed E-state index contributed by atoms with van der Waals surface area (Å²) in [4.78, 5) is 8.15. The van der Waals surface area contributed by atoms with Gasteiger partial charge >= 0.3 is 6.01 Å². The van der Waals surface area contributed by atoms with Crippen LogP contribution in [-0.2, 0) is 29.4 Å². The van der Waals surface area contributed by atoms with Crippen molar-refractivity contribution in [3.63, 3.8) is 0 Å². The van der Waals surface area contributed by atoms with Crippen LogP contribution in [0.4, 0.5) is 0 Å². The second-order valence-corrected chi connectivity index (χ2v) is 9.49. The van der Waals surface area contributed by atoms with E-state index in [0.717, 1.165) is 35.3 Å². The third kappa shape index (κ3) is 5.80. The third-order valence-corrected chi connectivity index (χ3v) is 6.40. The molecule has 0 spiro atoms. The average molecular weight is 440 g/mol. The smallest absolute Gasteiger partial charge is 0.321 e. The Morgan fingerprint density at radius 3 is 2.65 bits per heavy atom. The van der Waals surface area contributed by atoms with Crippen LogP contribution in [0.25, 0.3) is 0 Å². The van der Waals surface area contributed by atoms with Gasteiger partial charge in [-0.1, -0.05) is 18.2 Å². The molecule has 31 heavy (non-hydrogen) atoms. The fourth-order valence-electron chi connectivity index (χ4n) is 3.55. The van der Waals surface area contributed by atoms with E-state index < -0.39 is 10.0 Å². The summed E-state index contributed by atoms with van der Waals surface area (Å²) in [5.74, 6) is 1.53. The van der Waals surface area contributed by atoms with Crippen molar-refractivity contribution in [1.82, 2.24) is 14.3 Å². The van der Waals surface area contributed by atoms with Gasteiger partial charge in [0.15, 0.2) is 0 Å². The topological polar surface area (TPSA) is 81.6 Å². The molecular formula is C23H25N3O4S. The van der Waals surface area contributed by atoms with Crippen molar-refractivity contribution < 1.29 is 17.9 Å². The van der Waals surface area contributed by atoms with Crippen LogP contribution in [0.15, 0.2) is 60.9 Å². The van der Waals surface area contributed by atoms with Crippen molar-refractivity contribution in [3.05, 3.63) is 77.6 Å². The van der Waals surface area contributed by atoms with Gasteiger partial charge in [0.2, 0.25) is 10.0 Å². The molecule has 1 aliphatic heterocycles. The Labute approximate surface area is 182 Å². The summed E-state index contributed by atoms with van der Waals surface area (Å²) >= 11 is 0. The maximum Gasteiger partial charge on any atom is 0.321 e. The van der Waals surface area contributed by atoms with Crippen LogP contribution in [0.2, 0.25) is 0 Å². The average Bonchev–Trinajstić information content (AvgIpc) is 2.77. The predicted octanol–water partition coefficient (Wildman–Crippen LogP) is 3.60. The predicted molar refractivity (Wildman–Crippen MR) is 118 cm³/mol. The van der Waals surface area contributed by atoms with E-state index in [1.165, 1.54) is 10.6 Å². The molecule has 2 heterocycles. The van der Waals surface area contributed by atoms with Gasteiger partial charge in [0.1, 0.15) is 11.5 Å². The Bertz CT molecular complexity index is 1140. The number of aryl methyl sites for hydroxylation is 1. The number of hydrogen-bond acceptors (Lipinski definition) is 6. The first kappa shape index (κ1) is 21.3. The standard InChI is InChI=1S/C23H25N3O4S/c1-31(27,28)26-13-10-19-16-21(9-8-20(19)17-26)29-14-3-6-18-5-2-7-22(15-18)30-23-24-11-4-12-25-23/h2,4-5,7-9,11-12,15-16H,3,6,10,13-14,17H2,1H3. The molecule has 0 saturated heterocycles. The Morgan fingerprint density at radius 2 is 1.84 bits per heavy atom. The normalized spacial score (nSPS) is 14.1. The minimum atomic E-state index is -3.16. The second kappa shape index (κ2) is 9.45. The van der Waals surface area contributed by atoms with Crippen LogP contribution in [0, 0.1) is 0 Å². The van der Waals surface area contributed by atoms with Gasteiger partial charge in [0.05, 0.1) is 12.9 Å². The molecule has 0 atom stereocenters. The Balaban J connectivity index is 1.27. The second-order valence-electron chi connectivity index (χ2n) is 7.51. The number of benzene rings is 2. The molecule has 0 bridgehead atoms. The molecule has 0 amide bonds. The fraction of sp³-hybridized carbons (Fsp3) is 0.304. The zero-order valence-electron chi connectivity index (χ0n) is 17.4. The van der Waals surface area contributed by atoms with Crippen LogP contribution >= 0.6 is 0 Å². The van der Waals surface area contributed by atoms with Crippen molar-refractivity contribution in [2.45, 2.75) is 25.8 Å². The third-order valence-electron chi connectivity index (χ3n) is 5.15. The molecule has 162 valence electrons. The monoisotopic (exact) mass is 439 g/mol. The number of hydrogen-bond donors (Lipinski definition) is 0. The highest BCUT2D eigenvalue weighted by atomic mass is 32.2. The maximum absolute atomic E-state index is 11.8. The summed E-state index contributed by atoms with van der Waals surface area (Å²) in [6.45, 7) is 1.55. The first-order chi connectivity index (χ1) is 15.0. The molecule has 7 nitrogen and oxygen atoms in total. The summed E-state index contributed by atoms with van der Waals surface area (Å²) in [6.07, 6.45) is 6.98. The van der Waals surface area contributed by atoms with E-state index in [-0.39, 0.29) is 0 Å². The van der Waals surface area contributed by atoms with Crippen molar-refractivity contribution in [1.29, 1.82) is 0 Å². The van der Waals surface area contributed by atoms with E-state index in [9.17, 15) is 8.42 Å². The number of fused-ring (bicyclic) bond motifs is 1. The summed E-state index contributed by atoms with van der Waals surface area (Å²) in [5, 5.41) is 0. The van der Waals surface area contributed by atoms with E-state index in [1.807, 2.05) is 36.4 Å². The Hall–Kier alpha value is -2.97. The zero-order valence-corrected chi connectivity index (χ0v) is 18.2. The SMILES string of the molecule is CS(=O)(=O)N1CCc2cc(OCCCc3cccc(Oc4ncccn4)c3)ccc2C1. The molecule has 2 aromatic carbocycles. The summed E-state index contributed by atoms with van der Waals surface area (Å²) in [6, 6.07) is 15.9. The van der Waals surface area contributed by atoms with Gasteiger partial charge in [0, 0.05) is 25.5 Å². The van der Waals surface area contributed by atoms with Gasteiger partial charge in [-0.3, -0.25) is 0 Å². The molecule has 1 aromatic heterocycles. The molecule has 8 heteroatoms. The zero-order chi connectivity index (χ0) is 21.7. The van der Waals surface area contributed by atoms with Crippen molar-refractivity contribution in [2.75, 3.05) is 19.4 Å². The molecule has 0 saturated carbocycles. The molecule has 0 unspecified atom stereocenters. The van der Waals surface area contributed by atoms with Gasteiger partial charge in [-0.05, 0) is 66.3 Å². The minimum absolute atomic E-state index is 0.329. The van der Waals surface area contributed by atoms with Gasteiger partial charge in [0.25, 0.3) is 0 Å². The first-order valence-electron chi connectivity index (χ1n) is 10.2. The summed E-state index contributed by atoms with van der Waals surface area (Å²) in [7, 11) is -3.16. The van der Waals surface area contributed by atoms with Gasteiger partial charge < -0.3 is 9.47 Å². The van der Waals surface area contributed by atoms with E-state index >= 15 is 0 Å². The molecular weight excluding hydrogens is 414 g/mol. The highest BCUT2D eigenvalue weighted by Crippen LogP contribution is 2.25. The molecule has 4 rings (SSSR count). The molecule has 0 fully saturated rings. The number of ether oxygens (including phenoxy) is 2. The van der Waals surface area contributed by atoms with Crippen LogP contribution in [0.1, 0.15) is 23.1 Å². The van der Waals surface area contributed by atoms with Gasteiger partial charge in [-0.15, -0.1) is 0 Å². The highest BCUT2D eigenvalue weighted by molar-refractivity contribution is 7.88. The van der Waals surface area contributed by atoms with E-state index in [2.05, 4.69) is 16.0 Å². The molecule has 0 N–H and O–H groups in total. The van der Waals surface area contributed by atoms with Gasteiger partial charge in [-0.2, -0.15) is 4.31 Å². The Kier molecular flexibility index (Phi) is 6.48. The van der Waals surface area contributed by atoms with Gasteiger partial charge in [-0.25, -0.2) is 18.4 Å². The molecule has 3 aromatic rings. The molecule has 1 aliphatic rings. The van der Waals surface area contributed by atoms with E-state index in [4.69, 9.17) is 9.47 Å². The quantitative estimate of drug-likeness (QED) is 0.499.